The van der Waals surface area contributed by atoms with Crippen molar-refractivity contribution in [2.24, 2.45) is 0 Å². The number of nitrogens with one attached hydrogen (secondary N) is 2. The average Bonchev–Trinajstić information content (AvgIpc) is 2.61. The fourth-order valence-electron chi connectivity index (χ4n) is 2.39. The topological polar surface area (TPSA) is 74.2 Å². The van der Waals surface area contributed by atoms with E-state index in [2.05, 4.69) is 15.6 Å². The summed E-state index contributed by atoms with van der Waals surface area (Å²) >= 11 is 5.74. The van der Waals surface area contributed by atoms with Gasteiger partial charge in [0.2, 0.25) is 0 Å². The minimum Gasteiger partial charge on any atom is -0.396 e. The summed E-state index contributed by atoms with van der Waals surface area (Å²) < 4.78 is 0. The number of halogens is 1. The van der Waals surface area contributed by atoms with Gasteiger partial charge in [-0.15, -0.1) is 0 Å². The Morgan fingerprint density at radius 1 is 1.21 bits per heavy atom. The van der Waals surface area contributed by atoms with E-state index in [0.717, 1.165) is 11.1 Å². The Hall–Kier alpha value is -2.11. The highest BCUT2D eigenvalue weighted by Crippen LogP contribution is 2.17. The Morgan fingerprint density at radius 2 is 2.00 bits per heavy atom. The Labute approximate surface area is 147 Å². The number of hydrogen-bond donors (Lipinski definition) is 3. The highest BCUT2D eigenvalue weighted by molar-refractivity contribution is 6.29. The van der Waals surface area contributed by atoms with Crippen LogP contribution >= 0.6 is 11.6 Å². The molecule has 0 aliphatic rings. The number of rotatable bonds is 8. The molecule has 0 aliphatic heterocycles. The van der Waals surface area contributed by atoms with E-state index >= 15 is 0 Å². The van der Waals surface area contributed by atoms with E-state index in [1.54, 1.807) is 12.3 Å². The second kappa shape index (κ2) is 9.90. The maximum absolute atomic E-state index is 12.1. The SMILES string of the molecule is O=C(NCCc1ccc(Cl)nc1)NC(CCCO)c1ccccc1. The van der Waals surface area contributed by atoms with Crippen molar-refractivity contribution in [1.29, 1.82) is 0 Å². The number of urea groups is 1. The van der Waals surface area contributed by atoms with E-state index in [4.69, 9.17) is 16.7 Å². The highest BCUT2D eigenvalue weighted by Gasteiger charge is 2.13. The fourth-order valence-corrected chi connectivity index (χ4v) is 2.50. The third-order valence-electron chi connectivity index (χ3n) is 3.65. The number of pyridine rings is 1. The quantitative estimate of drug-likeness (QED) is 0.642. The molecule has 6 heteroatoms. The lowest BCUT2D eigenvalue weighted by Gasteiger charge is -2.19. The van der Waals surface area contributed by atoms with Crippen LogP contribution in [0.3, 0.4) is 0 Å². The molecule has 3 N–H and O–H groups in total. The predicted octanol–water partition coefficient (Wildman–Crippen LogP) is 3.09. The van der Waals surface area contributed by atoms with Crippen molar-refractivity contribution in [3.8, 4) is 0 Å². The Kier molecular flexibility index (Phi) is 7.52. The first-order valence-corrected chi connectivity index (χ1v) is 8.37. The van der Waals surface area contributed by atoms with E-state index in [1.165, 1.54) is 0 Å². The number of aromatic nitrogens is 1. The minimum atomic E-state index is -0.219. The molecule has 1 heterocycles. The number of carbonyl (C=O) groups excluding carboxylic acids is 1. The summed E-state index contributed by atoms with van der Waals surface area (Å²) in [7, 11) is 0. The molecule has 0 spiro atoms. The van der Waals surface area contributed by atoms with Crippen LogP contribution < -0.4 is 10.6 Å². The van der Waals surface area contributed by atoms with Gasteiger partial charge in [0.25, 0.3) is 0 Å². The second-order valence-corrected chi connectivity index (χ2v) is 5.86. The number of aliphatic hydroxyl groups excluding tert-OH is 1. The first-order chi connectivity index (χ1) is 11.7. The van der Waals surface area contributed by atoms with E-state index in [0.29, 0.717) is 31.0 Å². The summed E-state index contributed by atoms with van der Waals surface area (Å²) in [6.45, 7) is 0.618. The molecule has 0 bridgehead atoms. The van der Waals surface area contributed by atoms with Crippen LogP contribution in [0.5, 0.6) is 0 Å². The molecule has 1 unspecified atom stereocenters. The van der Waals surface area contributed by atoms with Crippen LogP contribution in [0.4, 0.5) is 4.79 Å². The maximum Gasteiger partial charge on any atom is 0.315 e. The van der Waals surface area contributed by atoms with Crippen LogP contribution in [-0.2, 0) is 6.42 Å². The van der Waals surface area contributed by atoms with Gasteiger partial charge in [0.05, 0.1) is 6.04 Å². The zero-order chi connectivity index (χ0) is 17.2. The smallest absolute Gasteiger partial charge is 0.315 e. The van der Waals surface area contributed by atoms with Gasteiger partial charge in [-0.05, 0) is 36.5 Å². The normalized spacial score (nSPS) is 11.8. The standard InChI is InChI=1S/C18H22ClN3O2/c19-17-9-8-14(13-21-17)10-11-20-18(24)22-16(7-4-12-23)15-5-2-1-3-6-15/h1-3,5-6,8-9,13,16,23H,4,7,10-12H2,(H2,20,22,24). The number of benzene rings is 1. The predicted molar refractivity (Wildman–Crippen MR) is 95.0 cm³/mol. The Bertz CT molecular complexity index is 620. The van der Waals surface area contributed by atoms with E-state index < -0.39 is 0 Å². The molecule has 2 aromatic rings. The number of carbonyl (C=O) groups is 1. The lowest BCUT2D eigenvalue weighted by molar-refractivity contribution is 0.233. The molecule has 0 saturated carbocycles. The molecule has 2 rings (SSSR count). The summed E-state index contributed by atoms with van der Waals surface area (Å²) in [5, 5.41) is 15.3. The molecule has 1 aromatic carbocycles. The van der Waals surface area contributed by atoms with Crippen molar-refractivity contribution in [3.63, 3.8) is 0 Å². The summed E-state index contributed by atoms with van der Waals surface area (Å²) in [6.07, 6.45) is 3.71. The van der Waals surface area contributed by atoms with Gasteiger partial charge in [0, 0.05) is 19.3 Å². The number of hydrogen-bond acceptors (Lipinski definition) is 3. The van der Waals surface area contributed by atoms with Crippen LogP contribution in [0.25, 0.3) is 0 Å². The van der Waals surface area contributed by atoms with Crippen LogP contribution in [0.1, 0.15) is 30.0 Å². The maximum atomic E-state index is 12.1. The first kappa shape index (κ1) is 18.2. The monoisotopic (exact) mass is 347 g/mol. The zero-order valence-electron chi connectivity index (χ0n) is 13.4. The molecule has 128 valence electrons. The van der Waals surface area contributed by atoms with Crippen molar-refractivity contribution in [2.45, 2.75) is 25.3 Å². The van der Waals surface area contributed by atoms with Crippen molar-refractivity contribution in [3.05, 3.63) is 64.9 Å². The minimum absolute atomic E-state index is 0.107. The summed E-state index contributed by atoms with van der Waals surface area (Å²) in [4.78, 5) is 16.1. The highest BCUT2D eigenvalue weighted by atomic mass is 35.5. The molecule has 0 saturated heterocycles. The largest absolute Gasteiger partial charge is 0.396 e. The van der Waals surface area contributed by atoms with Crippen LogP contribution in [0.15, 0.2) is 48.7 Å². The summed E-state index contributed by atoms with van der Waals surface area (Å²) in [6, 6.07) is 13.1. The third-order valence-corrected chi connectivity index (χ3v) is 3.87. The van der Waals surface area contributed by atoms with Gasteiger partial charge >= 0.3 is 6.03 Å². The zero-order valence-corrected chi connectivity index (χ0v) is 14.2. The number of amides is 2. The van der Waals surface area contributed by atoms with Crippen molar-refractivity contribution < 1.29 is 9.90 Å². The molecule has 24 heavy (non-hydrogen) atoms. The van der Waals surface area contributed by atoms with E-state index in [1.807, 2.05) is 36.4 Å². The molecule has 5 nitrogen and oxygen atoms in total. The summed E-state index contributed by atoms with van der Waals surface area (Å²) in [5.74, 6) is 0. The average molecular weight is 348 g/mol. The van der Waals surface area contributed by atoms with Gasteiger partial charge in [0.1, 0.15) is 5.15 Å². The molecule has 0 radical (unpaired) electrons. The van der Waals surface area contributed by atoms with Gasteiger partial charge in [-0.1, -0.05) is 48.0 Å². The van der Waals surface area contributed by atoms with E-state index in [9.17, 15) is 4.79 Å². The molecule has 1 aromatic heterocycles. The van der Waals surface area contributed by atoms with Gasteiger partial charge < -0.3 is 15.7 Å². The summed E-state index contributed by atoms with van der Waals surface area (Å²) in [5.41, 5.74) is 2.04. The molecule has 1 atom stereocenters. The molecule has 0 fully saturated rings. The lowest BCUT2D eigenvalue weighted by atomic mass is 10.0. The molecular formula is C18H22ClN3O2. The number of aliphatic hydroxyl groups is 1. The van der Waals surface area contributed by atoms with Crippen LogP contribution in [0, 0.1) is 0 Å². The molecular weight excluding hydrogens is 326 g/mol. The van der Waals surface area contributed by atoms with Crippen molar-refractivity contribution >= 4 is 17.6 Å². The Balaban J connectivity index is 1.82. The molecule has 0 aliphatic carbocycles. The van der Waals surface area contributed by atoms with Gasteiger partial charge in [-0.25, -0.2) is 9.78 Å². The second-order valence-electron chi connectivity index (χ2n) is 5.47. The van der Waals surface area contributed by atoms with Crippen molar-refractivity contribution in [1.82, 2.24) is 15.6 Å². The molecule has 2 amide bonds. The Morgan fingerprint density at radius 3 is 2.67 bits per heavy atom. The van der Waals surface area contributed by atoms with E-state index in [-0.39, 0.29) is 18.7 Å². The first-order valence-electron chi connectivity index (χ1n) is 7.99. The van der Waals surface area contributed by atoms with Crippen LogP contribution in [0.2, 0.25) is 5.15 Å². The fraction of sp³-hybridized carbons (Fsp3) is 0.333. The van der Waals surface area contributed by atoms with Crippen molar-refractivity contribution in [2.75, 3.05) is 13.2 Å². The van der Waals surface area contributed by atoms with Gasteiger partial charge in [0.15, 0.2) is 0 Å². The lowest BCUT2D eigenvalue weighted by Crippen LogP contribution is -2.39. The number of nitrogens with zero attached hydrogens (tertiary/aromatic N) is 1. The third kappa shape index (κ3) is 6.18. The van der Waals surface area contributed by atoms with Crippen LogP contribution in [-0.4, -0.2) is 29.3 Å². The van der Waals surface area contributed by atoms with Gasteiger partial charge in [-0.3, -0.25) is 0 Å². The van der Waals surface area contributed by atoms with Gasteiger partial charge in [-0.2, -0.15) is 0 Å².